The van der Waals surface area contributed by atoms with Crippen LogP contribution in [0.15, 0.2) is 30.5 Å². The first-order chi connectivity index (χ1) is 11.3. The molecule has 1 amide bonds. The van der Waals surface area contributed by atoms with Crippen molar-refractivity contribution in [2.75, 3.05) is 12.4 Å². The van der Waals surface area contributed by atoms with Gasteiger partial charge in [0.15, 0.2) is 5.69 Å². The highest BCUT2D eigenvalue weighted by Gasteiger charge is 2.20. The molecule has 2 rings (SSSR count). The zero-order chi connectivity index (χ0) is 17.9. The molecular weight excluding hydrogens is 320 g/mol. The van der Waals surface area contributed by atoms with E-state index in [4.69, 9.17) is 9.84 Å². The maximum atomic E-state index is 12.3. The second-order valence-electron chi connectivity index (χ2n) is 4.79. The lowest BCUT2D eigenvalue weighted by molar-refractivity contribution is -0.384. The molecule has 0 saturated carbocycles. The normalized spacial score (nSPS) is 11.6. The summed E-state index contributed by atoms with van der Waals surface area (Å²) in [6.45, 7) is 1.53. The number of non-ortho nitro benzene ring substituents is 1. The van der Waals surface area contributed by atoms with Gasteiger partial charge in [-0.3, -0.25) is 19.6 Å². The number of nitro benzene ring substituents is 1. The SMILES string of the molecule is COc1cc([N+](=O)[O-])ccc1NC(=O)C(C)n1ccc(C(=O)O)n1. The van der Waals surface area contributed by atoms with Gasteiger partial charge in [0.25, 0.3) is 5.69 Å². The molecule has 126 valence electrons. The summed E-state index contributed by atoms with van der Waals surface area (Å²) in [4.78, 5) is 33.3. The maximum Gasteiger partial charge on any atom is 0.356 e. The van der Waals surface area contributed by atoms with E-state index in [0.29, 0.717) is 0 Å². The van der Waals surface area contributed by atoms with Gasteiger partial charge in [-0.25, -0.2) is 4.79 Å². The van der Waals surface area contributed by atoms with Crippen LogP contribution in [0.1, 0.15) is 23.5 Å². The first-order valence-electron chi connectivity index (χ1n) is 6.75. The summed E-state index contributed by atoms with van der Waals surface area (Å²) in [5.41, 5.74) is -0.0933. The second kappa shape index (κ2) is 6.77. The molecule has 0 aliphatic carbocycles. The smallest absolute Gasteiger partial charge is 0.356 e. The largest absolute Gasteiger partial charge is 0.494 e. The molecule has 10 heteroatoms. The van der Waals surface area contributed by atoms with Crippen LogP contribution in [0.3, 0.4) is 0 Å². The Labute approximate surface area is 135 Å². The van der Waals surface area contributed by atoms with Crippen LogP contribution in [0.2, 0.25) is 0 Å². The summed E-state index contributed by atoms with van der Waals surface area (Å²) >= 11 is 0. The summed E-state index contributed by atoms with van der Waals surface area (Å²) in [6.07, 6.45) is 1.38. The number of carboxylic acids is 1. The molecule has 1 aromatic heterocycles. The van der Waals surface area contributed by atoms with Crippen molar-refractivity contribution < 1.29 is 24.4 Å². The van der Waals surface area contributed by atoms with Gasteiger partial charge < -0.3 is 15.2 Å². The lowest BCUT2D eigenvalue weighted by Gasteiger charge is -2.14. The van der Waals surface area contributed by atoms with Gasteiger partial charge in [0.1, 0.15) is 11.8 Å². The van der Waals surface area contributed by atoms with Crippen molar-refractivity contribution in [3.05, 3.63) is 46.3 Å². The van der Waals surface area contributed by atoms with E-state index in [1.807, 2.05) is 0 Å². The summed E-state index contributed by atoms with van der Waals surface area (Å²) < 4.78 is 6.24. The van der Waals surface area contributed by atoms with Crippen molar-refractivity contribution in [3.8, 4) is 5.75 Å². The summed E-state index contributed by atoms with van der Waals surface area (Å²) in [6, 6.07) is 4.26. The number of nitro groups is 1. The standard InChI is InChI=1S/C14H14N4O6/c1-8(17-6-5-11(16-17)14(20)21)13(19)15-10-4-3-9(18(22)23)7-12(10)24-2/h3-8H,1-2H3,(H,15,19)(H,20,21). The van der Waals surface area contributed by atoms with Crippen molar-refractivity contribution in [1.29, 1.82) is 0 Å². The number of aromatic nitrogens is 2. The lowest BCUT2D eigenvalue weighted by atomic mass is 10.2. The number of carboxylic acid groups (broad SMARTS) is 1. The molecule has 0 spiro atoms. The van der Waals surface area contributed by atoms with Crippen LogP contribution in [0.5, 0.6) is 5.75 Å². The minimum Gasteiger partial charge on any atom is -0.494 e. The van der Waals surface area contributed by atoms with E-state index >= 15 is 0 Å². The van der Waals surface area contributed by atoms with E-state index in [1.54, 1.807) is 0 Å². The van der Waals surface area contributed by atoms with Gasteiger partial charge in [-0.05, 0) is 19.1 Å². The van der Waals surface area contributed by atoms with Crippen LogP contribution < -0.4 is 10.1 Å². The van der Waals surface area contributed by atoms with Crippen LogP contribution in [0.4, 0.5) is 11.4 Å². The van der Waals surface area contributed by atoms with Crippen LogP contribution >= 0.6 is 0 Å². The number of hydrogen-bond donors (Lipinski definition) is 2. The number of nitrogens with zero attached hydrogens (tertiary/aromatic N) is 3. The van der Waals surface area contributed by atoms with Gasteiger partial charge in [-0.15, -0.1) is 0 Å². The number of amides is 1. The minimum absolute atomic E-state index is 0.136. The molecule has 1 heterocycles. The zero-order valence-corrected chi connectivity index (χ0v) is 12.8. The minimum atomic E-state index is -1.20. The molecule has 0 aliphatic heterocycles. The number of carbonyl (C=O) groups excluding carboxylic acids is 1. The summed E-state index contributed by atoms with van der Waals surface area (Å²) in [5.74, 6) is -1.54. The lowest BCUT2D eigenvalue weighted by Crippen LogP contribution is -2.24. The molecule has 0 aliphatic rings. The highest BCUT2D eigenvalue weighted by Crippen LogP contribution is 2.29. The number of methoxy groups -OCH3 is 1. The molecular formula is C14H14N4O6. The second-order valence-corrected chi connectivity index (χ2v) is 4.79. The topological polar surface area (TPSA) is 137 Å². The molecule has 2 N–H and O–H groups in total. The van der Waals surface area contributed by atoms with Gasteiger partial charge in [-0.2, -0.15) is 5.10 Å². The highest BCUT2D eigenvalue weighted by atomic mass is 16.6. The van der Waals surface area contributed by atoms with E-state index in [0.717, 1.165) is 0 Å². The van der Waals surface area contributed by atoms with E-state index in [9.17, 15) is 19.7 Å². The van der Waals surface area contributed by atoms with Gasteiger partial charge >= 0.3 is 5.97 Å². The molecule has 1 unspecified atom stereocenters. The van der Waals surface area contributed by atoms with Gasteiger partial charge in [0, 0.05) is 12.3 Å². The van der Waals surface area contributed by atoms with Crippen LogP contribution in [0, 0.1) is 10.1 Å². The Morgan fingerprint density at radius 2 is 2.12 bits per heavy atom. The number of rotatable bonds is 6. The molecule has 1 atom stereocenters. The van der Waals surface area contributed by atoms with E-state index in [1.165, 1.54) is 49.2 Å². The number of benzene rings is 1. The molecule has 10 nitrogen and oxygen atoms in total. The average molecular weight is 334 g/mol. The molecule has 0 saturated heterocycles. The van der Waals surface area contributed by atoms with Gasteiger partial charge in [-0.1, -0.05) is 0 Å². The van der Waals surface area contributed by atoms with Gasteiger partial charge in [0.2, 0.25) is 5.91 Å². The number of hydrogen-bond acceptors (Lipinski definition) is 6. The Balaban J connectivity index is 2.18. The van der Waals surface area contributed by atoms with Crippen LogP contribution in [0.25, 0.3) is 0 Å². The third kappa shape index (κ3) is 3.48. The Bertz CT molecular complexity index is 800. The maximum absolute atomic E-state index is 12.3. The number of nitrogens with one attached hydrogen (secondary N) is 1. The van der Waals surface area contributed by atoms with E-state index in [2.05, 4.69) is 10.4 Å². The molecule has 24 heavy (non-hydrogen) atoms. The third-order valence-electron chi connectivity index (χ3n) is 3.26. The fourth-order valence-corrected chi connectivity index (χ4v) is 1.92. The quantitative estimate of drug-likeness (QED) is 0.606. The number of carbonyl (C=O) groups is 2. The predicted molar refractivity (Wildman–Crippen MR) is 82.2 cm³/mol. The first-order valence-corrected chi connectivity index (χ1v) is 6.75. The Morgan fingerprint density at radius 3 is 2.67 bits per heavy atom. The Hall–Kier alpha value is -3.43. The van der Waals surface area contributed by atoms with Gasteiger partial charge in [0.05, 0.1) is 23.8 Å². The number of aromatic carboxylic acids is 1. The molecule has 0 fully saturated rings. The van der Waals surface area contributed by atoms with Crippen molar-refractivity contribution >= 4 is 23.3 Å². The summed E-state index contributed by atoms with van der Waals surface area (Å²) in [5, 5.41) is 26.0. The van der Waals surface area contributed by atoms with Crippen molar-refractivity contribution in [1.82, 2.24) is 9.78 Å². The monoisotopic (exact) mass is 334 g/mol. The fraction of sp³-hybridized carbons (Fsp3) is 0.214. The third-order valence-corrected chi connectivity index (χ3v) is 3.26. The Morgan fingerprint density at radius 1 is 1.42 bits per heavy atom. The first kappa shape index (κ1) is 16.9. The van der Waals surface area contributed by atoms with Crippen molar-refractivity contribution in [2.45, 2.75) is 13.0 Å². The zero-order valence-electron chi connectivity index (χ0n) is 12.8. The summed E-state index contributed by atoms with van der Waals surface area (Å²) in [7, 11) is 1.32. The number of anilines is 1. The van der Waals surface area contributed by atoms with Crippen molar-refractivity contribution in [2.24, 2.45) is 0 Å². The molecule has 0 radical (unpaired) electrons. The fourth-order valence-electron chi connectivity index (χ4n) is 1.92. The number of ether oxygens (including phenoxy) is 1. The van der Waals surface area contributed by atoms with E-state index < -0.39 is 22.8 Å². The molecule has 0 bridgehead atoms. The predicted octanol–water partition coefficient (Wildman–Crippen LogP) is 1.70. The van der Waals surface area contributed by atoms with Crippen molar-refractivity contribution in [3.63, 3.8) is 0 Å². The molecule has 1 aromatic carbocycles. The van der Waals surface area contributed by atoms with Crippen LogP contribution in [-0.2, 0) is 4.79 Å². The highest BCUT2D eigenvalue weighted by molar-refractivity contribution is 5.95. The van der Waals surface area contributed by atoms with E-state index in [-0.39, 0.29) is 22.8 Å². The Kier molecular flexibility index (Phi) is 4.78. The average Bonchev–Trinajstić information content (AvgIpc) is 3.04. The van der Waals surface area contributed by atoms with Crippen LogP contribution in [-0.4, -0.2) is 38.8 Å². The molecule has 2 aromatic rings.